The largest absolute Gasteiger partial charge is 0.465 e. The van der Waals surface area contributed by atoms with Gasteiger partial charge in [-0.2, -0.15) is 0 Å². The van der Waals surface area contributed by atoms with Crippen molar-refractivity contribution in [3.8, 4) is 0 Å². The summed E-state index contributed by atoms with van der Waals surface area (Å²) in [5.41, 5.74) is 2.86. The van der Waals surface area contributed by atoms with E-state index in [1.54, 1.807) is 18.2 Å². The van der Waals surface area contributed by atoms with E-state index in [9.17, 15) is 9.59 Å². The maximum absolute atomic E-state index is 11.8. The number of benzene rings is 2. The molecular formula is C16H14O3. The minimum atomic E-state index is -0.422. The summed E-state index contributed by atoms with van der Waals surface area (Å²) in [4.78, 5) is 22.5. The third kappa shape index (κ3) is 3.07. The van der Waals surface area contributed by atoms with Crippen molar-refractivity contribution in [1.82, 2.24) is 0 Å². The molecule has 0 unspecified atom stereocenters. The van der Waals surface area contributed by atoms with Crippen LogP contribution >= 0.6 is 0 Å². The molecule has 2 aromatic carbocycles. The Balaban J connectivity index is 2.39. The number of carbonyl (C=O) groups excluding carboxylic acids is 2. The normalized spacial score (nSPS) is 9.95. The standard InChI is InChI=1S/C16H14O3/c1-19-16(18)15-10-13(11-17)7-8-14(15)9-12-5-3-2-4-6-12/h2-8,10-11H,9H2,1H3. The lowest BCUT2D eigenvalue weighted by atomic mass is 9.98. The fourth-order valence-electron chi connectivity index (χ4n) is 1.94. The lowest BCUT2D eigenvalue weighted by molar-refractivity contribution is 0.0599. The van der Waals surface area contributed by atoms with Gasteiger partial charge in [-0.3, -0.25) is 4.79 Å². The summed E-state index contributed by atoms with van der Waals surface area (Å²) >= 11 is 0. The van der Waals surface area contributed by atoms with E-state index >= 15 is 0 Å². The summed E-state index contributed by atoms with van der Waals surface area (Å²) in [5, 5.41) is 0. The van der Waals surface area contributed by atoms with Crippen molar-refractivity contribution in [2.24, 2.45) is 0 Å². The van der Waals surface area contributed by atoms with Crippen LogP contribution in [-0.2, 0) is 11.2 Å². The number of hydrogen-bond acceptors (Lipinski definition) is 3. The zero-order chi connectivity index (χ0) is 13.7. The molecule has 0 bridgehead atoms. The van der Waals surface area contributed by atoms with E-state index in [-0.39, 0.29) is 0 Å². The first kappa shape index (κ1) is 13.0. The maximum atomic E-state index is 11.8. The van der Waals surface area contributed by atoms with E-state index in [0.29, 0.717) is 17.5 Å². The summed E-state index contributed by atoms with van der Waals surface area (Å²) in [6.07, 6.45) is 1.35. The van der Waals surface area contributed by atoms with Gasteiger partial charge in [-0.15, -0.1) is 0 Å². The zero-order valence-corrected chi connectivity index (χ0v) is 10.6. The highest BCUT2D eigenvalue weighted by molar-refractivity contribution is 5.93. The topological polar surface area (TPSA) is 43.4 Å². The molecule has 0 N–H and O–H groups in total. The van der Waals surface area contributed by atoms with E-state index in [1.807, 2.05) is 30.3 Å². The van der Waals surface area contributed by atoms with E-state index < -0.39 is 5.97 Å². The average molecular weight is 254 g/mol. The van der Waals surface area contributed by atoms with Gasteiger partial charge in [0.1, 0.15) is 6.29 Å². The van der Waals surface area contributed by atoms with Gasteiger partial charge in [0.2, 0.25) is 0 Å². The van der Waals surface area contributed by atoms with Gasteiger partial charge in [0.05, 0.1) is 12.7 Å². The fraction of sp³-hybridized carbons (Fsp3) is 0.125. The summed E-state index contributed by atoms with van der Waals surface area (Å²) in [6.45, 7) is 0. The number of ether oxygens (including phenoxy) is 1. The number of esters is 1. The molecule has 0 saturated heterocycles. The smallest absolute Gasteiger partial charge is 0.338 e. The highest BCUT2D eigenvalue weighted by Crippen LogP contribution is 2.17. The zero-order valence-electron chi connectivity index (χ0n) is 10.6. The summed E-state index contributed by atoms with van der Waals surface area (Å²) in [6, 6.07) is 14.9. The molecule has 0 spiro atoms. The predicted octanol–water partition coefficient (Wildman–Crippen LogP) is 2.88. The Morgan fingerprint density at radius 2 is 1.89 bits per heavy atom. The lowest BCUT2D eigenvalue weighted by Crippen LogP contribution is -2.07. The first-order valence-electron chi connectivity index (χ1n) is 5.95. The van der Waals surface area contributed by atoms with Crippen molar-refractivity contribution in [3.63, 3.8) is 0 Å². The summed E-state index contributed by atoms with van der Waals surface area (Å²) in [7, 11) is 1.34. The molecular weight excluding hydrogens is 240 g/mol. The Bertz CT molecular complexity index is 588. The molecule has 3 nitrogen and oxygen atoms in total. The van der Waals surface area contributed by atoms with Crippen LogP contribution in [0.4, 0.5) is 0 Å². The molecule has 96 valence electrons. The molecule has 2 rings (SSSR count). The van der Waals surface area contributed by atoms with Crippen LogP contribution in [-0.4, -0.2) is 19.4 Å². The Hall–Kier alpha value is -2.42. The lowest BCUT2D eigenvalue weighted by Gasteiger charge is -2.08. The number of rotatable bonds is 4. The first-order chi connectivity index (χ1) is 9.24. The number of hydrogen-bond donors (Lipinski definition) is 0. The van der Waals surface area contributed by atoms with Gasteiger partial charge in [0.15, 0.2) is 0 Å². The Morgan fingerprint density at radius 3 is 2.53 bits per heavy atom. The minimum Gasteiger partial charge on any atom is -0.465 e. The quantitative estimate of drug-likeness (QED) is 0.622. The van der Waals surface area contributed by atoms with E-state index in [1.165, 1.54) is 7.11 Å². The van der Waals surface area contributed by atoms with Crippen LogP contribution in [0.25, 0.3) is 0 Å². The minimum absolute atomic E-state index is 0.422. The van der Waals surface area contributed by atoms with Gasteiger partial charge < -0.3 is 4.74 Å². The highest BCUT2D eigenvalue weighted by Gasteiger charge is 2.13. The molecule has 0 aliphatic heterocycles. The predicted molar refractivity (Wildman–Crippen MR) is 72.4 cm³/mol. The van der Waals surface area contributed by atoms with Crippen molar-refractivity contribution in [2.45, 2.75) is 6.42 Å². The van der Waals surface area contributed by atoms with Gasteiger partial charge >= 0.3 is 5.97 Å². The molecule has 0 aromatic heterocycles. The monoisotopic (exact) mass is 254 g/mol. The molecule has 0 aliphatic rings. The van der Waals surface area contributed by atoms with Crippen molar-refractivity contribution in [2.75, 3.05) is 7.11 Å². The molecule has 0 fully saturated rings. The molecule has 0 aliphatic carbocycles. The van der Waals surface area contributed by atoms with Crippen LogP contribution in [0.1, 0.15) is 31.8 Å². The van der Waals surface area contributed by atoms with Gasteiger partial charge in [-0.05, 0) is 23.6 Å². The van der Waals surface area contributed by atoms with Gasteiger partial charge in [0, 0.05) is 5.56 Å². The highest BCUT2D eigenvalue weighted by atomic mass is 16.5. The number of methoxy groups -OCH3 is 1. The summed E-state index contributed by atoms with van der Waals surface area (Å²) < 4.78 is 4.76. The van der Waals surface area contributed by atoms with Gasteiger partial charge in [0.25, 0.3) is 0 Å². The second-order valence-electron chi connectivity index (χ2n) is 4.19. The Morgan fingerprint density at radius 1 is 1.16 bits per heavy atom. The molecule has 0 amide bonds. The van der Waals surface area contributed by atoms with Crippen LogP contribution in [0.3, 0.4) is 0 Å². The second-order valence-corrected chi connectivity index (χ2v) is 4.19. The van der Waals surface area contributed by atoms with Crippen LogP contribution in [0.2, 0.25) is 0 Å². The molecule has 3 heteroatoms. The van der Waals surface area contributed by atoms with Gasteiger partial charge in [-0.25, -0.2) is 4.79 Å². The summed E-state index contributed by atoms with van der Waals surface area (Å²) in [5.74, 6) is -0.422. The van der Waals surface area contributed by atoms with E-state index in [4.69, 9.17) is 4.74 Å². The Labute approximate surface area is 111 Å². The molecule has 2 aromatic rings. The average Bonchev–Trinajstić information content (AvgIpc) is 2.48. The third-order valence-electron chi connectivity index (χ3n) is 2.91. The SMILES string of the molecule is COC(=O)c1cc(C=O)ccc1Cc1ccccc1. The Kier molecular flexibility index (Phi) is 4.08. The van der Waals surface area contributed by atoms with Crippen LogP contribution in [0, 0.1) is 0 Å². The molecule has 0 saturated carbocycles. The molecule has 19 heavy (non-hydrogen) atoms. The second kappa shape index (κ2) is 5.96. The maximum Gasteiger partial charge on any atom is 0.338 e. The van der Waals surface area contributed by atoms with Gasteiger partial charge in [-0.1, -0.05) is 42.5 Å². The fourth-order valence-corrected chi connectivity index (χ4v) is 1.94. The van der Waals surface area contributed by atoms with Crippen molar-refractivity contribution < 1.29 is 14.3 Å². The van der Waals surface area contributed by atoms with E-state index in [2.05, 4.69) is 0 Å². The molecule has 0 heterocycles. The van der Waals surface area contributed by atoms with Crippen molar-refractivity contribution >= 4 is 12.3 Å². The number of aldehydes is 1. The van der Waals surface area contributed by atoms with Crippen LogP contribution in [0.5, 0.6) is 0 Å². The third-order valence-corrected chi connectivity index (χ3v) is 2.91. The van der Waals surface area contributed by atoms with Crippen LogP contribution < -0.4 is 0 Å². The van der Waals surface area contributed by atoms with Crippen molar-refractivity contribution in [3.05, 3.63) is 70.8 Å². The van der Waals surface area contributed by atoms with E-state index in [0.717, 1.165) is 17.4 Å². The van der Waals surface area contributed by atoms with Crippen molar-refractivity contribution in [1.29, 1.82) is 0 Å². The van der Waals surface area contributed by atoms with Crippen LogP contribution in [0.15, 0.2) is 48.5 Å². The molecule has 0 radical (unpaired) electrons. The molecule has 0 atom stereocenters. The first-order valence-corrected chi connectivity index (χ1v) is 5.95. The number of carbonyl (C=O) groups is 2.